The largest absolute Gasteiger partial charge is 0.359 e. The molecule has 0 saturated heterocycles. The normalized spacial score (nSPS) is 11.2. The van der Waals surface area contributed by atoms with E-state index in [0.29, 0.717) is 12.3 Å². The zero-order valence-electron chi connectivity index (χ0n) is 11.9. The molecular formula is C16H22N2O. The molecule has 2 aromatic rings. The smallest absolute Gasteiger partial charge is 0.224 e. The zero-order valence-corrected chi connectivity index (χ0v) is 11.9. The second-order valence-corrected chi connectivity index (χ2v) is 5.58. The topological polar surface area (TPSA) is 44.9 Å². The summed E-state index contributed by atoms with van der Waals surface area (Å²) < 4.78 is 0. The fourth-order valence-corrected chi connectivity index (χ4v) is 2.19. The summed E-state index contributed by atoms with van der Waals surface area (Å²) in [5, 5.41) is 4.14. The molecule has 0 saturated carbocycles. The molecule has 1 aromatic heterocycles. The summed E-state index contributed by atoms with van der Waals surface area (Å²) in [5.74, 6) is 0.728. The van der Waals surface area contributed by atoms with E-state index in [2.05, 4.69) is 36.3 Å². The molecule has 0 aliphatic rings. The maximum absolute atomic E-state index is 11.8. The van der Waals surface area contributed by atoms with Gasteiger partial charge in [-0.1, -0.05) is 19.9 Å². The summed E-state index contributed by atoms with van der Waals surface area (Å²) in [4.78, 5) is 15.1. The molecule has 0 spiro atoms. The number of rotatable bonds is 5. The predicted octanol–water partition coefficient (Wildman–Crippen LogP) is 3.18. The van der Waals surface area contributed by atoms with Crippen molar-refractivity contribution in [2.45, 2.75) is 33.6 Å². The lowest BCUT2D eigenvalue weighted by atomic mass is 10.1. The maximum atomic E-state index is 11.8. The first-order valence-corrected chi connectivity index (χ1v) is 6.89. The number of aromatic nitrogens is 1. The van der Waals surface area contributed by atoms with Gasteiger partial charge in [-0.3, -0.25) is 4.79 Å². The molecule has 0 unspecified atom stereocenters. The average molecular weight is 258 g/mol. The van der Waals surface area contributed by atoms with Crippen molar-refractivity contribution in [3.8, 4) is 0 Å². The second kappa shape index (κ2) is 5.91. The lowest BCUT2D eigenvalue weighted by Gasteiger charge is -2.07. The van der Waals surface area contributed by atoms with Gasteiger partial charge in [0.15, 0.2) is 0 Å². The SMILES string of the molecule is Cc1cc2cc(CC(=O)NCCC(C)C)ccc2[nH]1. The molecular weight excluding hydrogens is 236 g/mol. The molecule has 0 bridgehead atoms. The van der Waals surface area contributed by atoms with Crippen LogP contribution in [-0.4, -0.2) is 17.4 Å². The van der Waals surface area contributed by atoms with Crippen molar-refractivity contribution in [2.24, 2.45) is 5.92 Å². The molecule has 1 heterocycles. The molecule has 102 valence electrons. The van der Waals surface area contributed by atoms with Crippen molar-refractivity contribution in [3.05, 3.63) is 35.5 Å². The Balaban J connectivity index is 1.95. The molecule has 2 rings (SSSR count). The lowest BCUT2D eigenvalue weighted by molar-refractivity contribution is -0.120. The lowest BCUT2D eigenvalue weighted by Crippen LogP contribution is -2.26. The van der Waals surface area contributed by atoms with E-state index >= 15 is 0 Å². The third-order valence-corrected chi connectivity index (χ3v) is 3.23. The highest BCUT2D eigenvalue weighted by atomic mass is 16.1. The van der Waals surface area contributed by atoms with Gasteiger partial charge in [0.2, 0.25) is 5.91 Å². The summed E-state index contributed by atoms with van der Waals surface area (Å²) in [6.07, 6.45) is 1.49. The number of aryl methyl sites for hydroxylation is 1. The van der Waals surface area contributed by atoms with Crippen LogP contribution in [0.3, 0.4) is 0 Å². The third kappa shape index (κ3) is 3.85. The molecule has 1 aromatic carbocycles. The van der Waals surface area contributed by atoms with E-state index in [9.17, 15) is 4.79 Å². The molecule has 0 atom stereocenters. The minimum absolute atomic E-state index is 0.104. The van der Waals surface area contributed by atoms with Crippen LogP contribution in [0.1, 0.15) is 31.5 Å². The van der Waals surface area contributed by atoms with Crippen LogP contribution in [0.2, 0.25) is 0 Å². The Morgan fingerprint density at radius 1 is 1.32 bits per heavy atom. The van der Waals surface area contributed by atoms with Gasteiger partial charge in [0.25, 0.3) is 0 Å². The minimum Gasteiger partial charge on any atom is -0.359 e. The molecule has 0 aliphatic carbocycles. The quantitative estimate of drug-likeness (QED) is 0.850. The van der Waals surface area contributed by atoms with E-state index in [-0.39, 0.29) is 5.91 Å². The molecule has 0 radical (unpaired) electrons. The maximum Gasteiger partial charge on any atom is 0.224 e. The summed E-state index contributed by atoms with van der Waals surface area (Å²) in [6.45, 7) is 7.13. The number of hydrogen-bond donors (Lipinski definition) is 2. The van der Waals surface area contributed by atoms with Crippen LogP contribution in [0.15, 0.2) is 24.3 Å². The van der Waals surface area contributed by atoms with Gasteiger partial charge in [-0.15, -0.1) is 0 Å². The molecule has 2 N–H and O–H groups in total. The highest BCUT2D eigenvalue weighted by Crippen LogP contribution is 2.17. The van der Waals surface area contributed by atoms with Crippen LogP contribution >= 0.6 is 0 Å². The van der Waals surface area contributed by atoms with E-state index < -0.39 is 0 Å². The molecule has 0 aliphatic heterocycles. The summed E-state index contributed by atoms with van der Waals surface area (Å²) in [7, 11) is 0. The zero-order chi connectivity index (χ0) is 13.8. The van der Waals surface area contributed by atoms with Crippen molar-refractivity contribution >= 4 is 16.8 Å². The number of H-pyrrole nitrogens is 1. The van der Waals surface area contributed by atoms with Gasteiger partial charge in [0, 0.05) is 17.8 Å². The number of nitrogens with one attached hydrogen (secondary N) is 2. The van der Waals surface area contributed by atoms with Gasteiger partial charge in [0.05, 0.1) is 6.42 Å². The van der Waals surface area contributed by atoms with Crippen LogP contribution in [0.5, 0.6) is 0 Å². The Kier molecular flexibility index (Phi) is 4.25. The summed E-state index contributed by atoms with van der Waals surface area (Å²) >= 11 is 0. The second-order valence-electron chi connectivity index (χ2n) is 5.58. The van der Waals surface area contributed by atoms with Crippen LogP contribution in [0.4, 0.5) is 0 Å². The first-order chi connectivity index (χ1) is 9.04. The summed E-state index contributed by atoms with van der Waals surface area (Å²) in [5.41, 5.74) is 3.34. The number of hydrogen-bond acceptors (Lipinski definition) is 1. The van der Waals surface area contributed by atoms with E-state index in [4.69, 9.17) is 0 Å². The van der Waals surface area contributed by atoms with Gasteiger partial charge < -0.3 is 10.3 Å². The number of carbonyl (C=O) groups is 1. The fraction of sp³-hybridized carbons (Fsp3) is 0.438. The van der Waals surface area contributed by atoms with E-state index in [1.54, 1.807) is 0 Å². The number of amides is 1. The monoisotopic (exact) mass is 258 g/mol. The minimum atomic E-state index is 0.104. The Bertz CT molecular complexity index is 569. The molecule has 1 amide bonds. The Labute approximate surface area is 114 Å². The van der Waals surface area contributed by atoms with Gasteiger partial charge in [-0.05, 0) is 48.4 Å². The van der Waals surface area contributed by atoms with Gasteiger partial charge in [-0.25, -0.2) is 0 Å². The number of fused-ring (bicyclic) bond motifs is 1. The molecule has 0 fully saturated rings. The standard InChI is InChI=1S/C16H22N2O/c1-11(2)6-7-17-16(19)10-13-4-5-15-14(9-13)8-12(3)18-15/h4-5,8-9,11,18H,6-7,10H2,1-3H3,(H,17,19). The van der Waals surface area contributed by atoms with Gasteiger partial charge in [-0.2, -0.15) is 0 Å². The Morgan fingerprint density at radius 2 is 2.11 bits per heavy atom. The van der Waals surface area contributed by atoms with Crippen LogP contribution in [0.25, 0.3) is 10.9 Å². The van der Waals surface area contributed by atoms with Crippen LogP contribution in [-0.2, 0) is 11.2 Å². The van der Waals surface area contributed by atoms with Crippen molar-refractivity contribution in [1.29, 1.82) is 0 Å². The molecule has 19 heavy (non-hydrogen) atoms. The predicted molar refractivity (Wildman–Crippen MR) is 79.2 cm³/mol. The number of benzene rings is 1. The van der Waals surface area contributed by atoms with Crippen LogP contribution in [0, 0.1) is 12.8 Å². The van der Waals surface area contributed by atoms with Crippen molar-refractivity contribution < 1.29 is 4.79 Å². The van der Waals surface area contributed by atoms with Gasteiger partial charge >= 0.3 is 0 Å². The van der Waals surface area contributed by atoms with E-state index in [0.717, 1.165) is 29.7 Å². The number of carbonyl (C=O) groups excluding carboxylic acids is 1. The van der Waals surface area contributed by atoms with Crippen molar-refractivity contribution in [2.75, 3.05) is 6.54 Å². The third-order valence-electron chi connectivity index (χ3n) is 3.23. The van der Waals surface area contributed by atoms with Crippen LogP contribution < -0.4 is 5.32 Å². The van der Waals surface area contributed by atoms with E-state index in [1.165, 1.54) is 5.39 Å². The van der Waals surface area contributed by atoms with Crippen molar-refractivity contribution in [1.82, 2.24) is 10.3 Å². The fourth-order valence-electron chi connectivity index (χ4n) is 2.19. The average Bonchev–Trinajstić information content (AvgIpc) is 2.67. The highest BCUT2D eigenvalue weighted by molar-refractivity contribution is 5.84. The van der Waals surface area contributed by atoms with E-state index in [1.807, 2.05) is 19.1 Å². The Morgan fingerprint density at radius 3 is 2.84 bits per heavy atom. The van der Waals surface area contributed by atoms with Gasteiger partial charge in [0.1, 0.15) is 0 Å². The first-order valence-electron chi connectivity index (χ1n) is 6.89. The summed E-state index contributed by atoms with van der Waals surface area (Å²) in [6, 6.07) is 8.25. The van der Waals surface area contributed by atoms with Crippen molar-refractivity contribution in [3.63, 3.8) is 0 Å². The Hall–Kier alpha value is -1.77. The number of aromatic amines is 1. The molecule has 3 heteroatoms. The first kappa shape index (κ1) is 13.7. The molecule has 3 nitrogen and oxygen atoms in total. The highest BCUT2D eigenvalue weighted by Gasteiger charge is 2.05.